The highest BCUT2D eigenvalue weighted by Crippen LogP contribution is 2.62. The van der Waals surface area contributed by atoms with Crippen LogP contribution in [0.4, 0.5) is 0 Å². The molecule has 0 aromatic carbocycles. The Bertz CT molecular complexity index is 239. The summed E-state index contributed by atoms with van der Waals surface area (Å²) in [7, 11) is 0. The lowest BCUT2D eigenvalue weighted by Crippen LogP contribution is -2.51. The molecule has 0 aromatic rings. The van der Waals surface area contributed by atoms with Gasteiger partial charge in [-0.1, -0.05) is 19.9 Å². The summed E-state index contributed by atoms with van der Waals surface area (Å²) in [6.07, 6.45) is 6.64. The first-order valence-electron chi connectivity index (χ1n) is 5.62. The predicted octanol–water partition coefficient (Wildman–Crippen LogP) is 2.83. The van der Waals surface area contributed by atoms with E-state index in [1.54, 1.807) is 11.1 Å². The fourth-order valence-corrected chi connectivity index (χ4v) is 3.73. The monoisotopic (exact) mass is 195 g/mol. The molecule has 0 saturated heterocycles. The Labute approximate surface area is 86.6 Å². The van der Waals surface area contributed by atoms with Crippen LogP contribution in [0.1, 0.15) is 39.5 Å². The molecule has 0 unspecified atom stereocenters. The third-order valence-electron chi connectivity index (χ3n) is 4.83. The molecule has 0 radical (unpaired) electrons. The Morgan fingerprint density at radius 1 is 1.43 bits per heavy atom. The third kappa shape index (κ3) is 1.04. The standard InChI is InChI=1S/C12H21NO/c1-4-9-13(14)12-7-5-10(6-8-12)11(12,2)3/h4,10,14H,1,5-9H2,2-3H3. The van der Waals surface area contributed by atoms with Crippen LogP contribution >= 0.6 is 0 Å². The van der Waals surface area contributed by atoms with E-state index in [1.807, 2.05) is 0 Å². The van der Waals surface area contributed by atoms with Crippen molar-refractivity contribution in [2.24, 2.45) is 11.3 Å². The van der Waals surface area contributed by atoms with Crippen molar-refractivity contribution in [1.82, 2.24) is 5.06 Å². The van der Waals surface area contributed by atoms with Gasteiger partial charge in [-0.15, -0.1) is 6.58 Å². The first-order valence-corrected chi connectivity index (χ1v) is 5.62. The fourth-order valence-electron chi connectivity index (χ4n) is 3.73. The van der Waals surface area contributed by atoms with Crippen molar-refractivity contribution in [3.05, 3.63) is 12.7 Å². The molecule has 0 aromatic heterocycles. The minimum absolute atomic E-state index is 0.0336. The van der Waals surface area contributed by atoms with Crippen LogP contribution in [0.25, 0.3) is 0 Å². The quantitative estimate of drug-likeness (QED) is 0.553. The van der Waals surface area contributed by atoms with Crippen molar-refractivity contribution in [3.63, 3.8) is 0 Å². The van der Waals surface area contributed by atoms with E-state index in [1.165, 1.54) is 12.8 Å². The normalized spacial score (nSPS) is 39.3. The van der Waals surface area contributed by atoms with Crippen LogP contribution in [0.15, 0.2) is 12.7 Å². The van der Waals surface area contributed by atoms with Crippen LogP contribution in [0.3, 0.4) is 0 Å². The van der Waals surface area contributed by atoms with Crippen LogP contribution in [-0.2, 0) is 0 Å². The van der Waals surface area contributed by atoms with Gasteiger partial charge in [-0.3, -0.25) is 0 Å². The Balaban J connectivity index is 2.26. The lowest BCUT2D eigenvalue weighted by atomic mass is 9.76. The van der Waals surface area contributed by atoms with Crippen LogP contribution < -0.4 is 0 Å². The highest BCUT2D eigenvalue weighted by molar-refractivity contribution is 5.13. The summed E-state index contributed by atoms with van der Waals surface area (Å²) >= 11 is 0. The lowest BCUT2D eigenvalue weighted by molar-refractivity contribution is -0.190. The first kappa shape index (κ1) is 10.2. The molecule has 2 aliphatic rings. The summed E-state index contributed by atoms with van der Waals surface area (Å²) in [4.78, 5) is 0. The van der Waals surface area contributed by atoms with Crippen LogP contribution in [0.5, 0.6) is 0 Å². The zero-order valence-electron chi connectivity index (χ0n) is 9.29. The van der Waals surface area contributed by atoms with Gasteiger partial charge in [0.25, 0.3) is 0 Å². The molecule has 2 heteroatoms. The van der Waals surface area contributed by atoms with E-state index in [2.05, 4.69) is 20.4 Å². The van der Waals surface area contributed by atoms with E-state index < -0.39 is 0 Å². The van der Waals surface area contributed by atoms with E-state index >= 15 is 0 Å². The molecule has 0 amide bonds. The van der Waals surface area contributed by atoms with Gasteiger partial charge in [-0.2, -0.15) is 5.06 Å². The molecule has 2 bridgehead atoms. The SMILES string of the molecule is C=CCN(O)C12CCC(CC1)C2(C)C. The molecule has 2 aliphatic carbocycles. The van der Waals surface area contributed by atoms with E-state index in [-0.39, 0.29) is 11.0 Å². The largest absolute Gasteiger partial charge is 0.313 e. The Hall–Kier alpha value is -0.340. The van der Waals surface area contributed by atoms with Crippen molar-refractivity contribution in [2.75, 3.05) is 6.54 Å². The summed E-state index contributed by atoms with van der Waals surface area (Å²) in [6, 6.07) is 0. The Morgan fingerprint density at radius 2 is 2.00 bits per heavy atom. The molecular formula is C12H21NO. The van der Waals surface area contributed by atoms with Crippen LogP contribution in [0, 0.1) is 11.3 Å². The average molecular weight is 195 g/mol. The summed E-state index contributed by atoms with van der Waals surface area (Å²) in [5.74, 6) is 0.807. The smallest absolute Gasteiger partial charge is 0.0517 e. The second kappa shape index (κ2) is 3.07. The zero-order valence-corrected chi connectivity index (χ0v) is 9.29. The number of nitrogens with zero attached hydrogens (tertiary/aromatic N) is 1. The average Bonchev–Trinajstić information content (AvgIpc) is 2.55. The van der Waals surface area contributed by atoms with Gasteiger partial charge < -0.3 is 5.21 Å². The Kier molecular flexibility index (Phi) is 2.24. The lowest BCUT2D eigenvalue weighted by Gasteiger charge is -2.43. The van der Waals surface area contributed by atoms with Crippen molar-refractivity contribution in [1.29, 1.82) is 0 Å². The van der Waals surface area contributed by atoms with E-state index in [0.717, 1.165) is 18.8 Å². The maximum Gasteiger partial charge on any atom is 0.0517 e. The first-order chi connectivity index (χ1) is 6.54. The summed E-state index contributed by atoms with van der Waals surface area (Å²) in [5, 5.41) is 11.7. The maximum absolute atomic E-state index is 10.1. The highest BCUT2D eigenvalue weighted by atomic mass is 16.5. The van der Waals surface area contributed by atoms with E-state index in [4.69, 9.17) is 0 Å². The van der Waals surface area contributed by atoms with Gasteiger partial charge in [0.2, 0.25) is 0 Å². The van der Waals surface area contributed by atoms with E-state index in [9.17, 15) is 5.21 Å². The zero-order chi connectivity index (χ0) is 10.4. The Morgan fingerprint density at radius 3 is 2.36 bits per heavy atom. The van der Waals surface area contributed by atoms with Gasteiger partial charge in [-0.05, 0) is 37.0 Å². The number of hydrogen-bond donors (Lipinski definition) is 1. The fraction of sp³-hybridized carbons (Fsp3) is 0.833. The molecule has 14 heavy (non-hydrogen) atoms. The molecule has 2 nitrogen and oxygen atoms in total. The van der Waals surface area contributed by atoms with Crippen molar-refractivity contribution >= 4 is 0 Å². The third-order valence-corrected chi connectivity index (χ3v) is 4.83. The molecular weight excluding hydrogens is 174 g/mol. The van der Waals surface area contributed by atoms with Gasteiger partial charge in [0.15, 0.2) is 0 Å². The molecule has 0 heterocycles. The summed E-state index contributed by atoms with van der Waals surface area (Å²) in [5.41, 5.74) is 0.302. The van der Waals surface area contributed by atoms with Crippen molar-refractivity contribution in [3.8, 4) is 0 Å². The minimum atomic E-state index is 0.0336. The topological polar surface area (TPSA) is 23.5 Å². The van der Waals surface area contributed by atoms with Gasteiger partial charge in [0, 0.05) is 6.54 Å². The van der Waals surface area contributed by atoms with Gasteiger partial charge in [0.1, 0.15) is 0 Å². The molecule has 80 valence electrons. The second-order valence-electron chi connectivity index (χ2n) is 5.40. The molecule has 2 saturated carbocycles. The molecule has 0 atom stereocenters. The summed E-state index contributed by atoms with van der Waals surface area (Å²) in [6.45, 7) is 8.91. The molecule has 1 N–H and O–H groups in total. The summed E-state index contributed by atoms with van der Waals surface area (Å²) < 4.78 is 0. The van der Waals surface area contributed by atoms with Crippen LogP contribution in [0.2, 0.25) is 0 Å². The minimum Gasteiger partial charge on any atom is -0.313 e. The van der Waals surface area contributed by atoms with E-state index in [0.29, 0.717) is 6.54 Å². The van der Waals surface area contributed by atoms with Crippen LogP contribution in [-0.4, -0.2) is 22.4 Å². The van der Waals surface area contributed by atoms with Crippen molar-refractivity contribution < 1.29 is 5.21 Å². The second-order valence-corrected chi connectivity index (χ2v) is 5.40. The van der Waals surface area contributed by atoms with Gasteiger partial charge in [-0.25, -0.2) is 0 Å². The molecule has 2 fully saturated rings. The van der Waals surface area contributed by atoms with Crippen molar-refractivity contribution in [2.45, 2.75) is 45.1 Å². The molecule has 2 rings (SSSR count). The molecule has 0 spiro atoms. The van der Waals surface area contributed by atoms with Gasteiger partial charge >= 0.3 is 0 Å². The van der Waals surface area contributed by atoms with Gasteiger partial charge in [0.05, 0.1) is 5.54 Å². The maximum atomic E-state index is 10.1. The number of hydrogen-bond acceptors (Lipinski definition) is 2. The number of rotatable bonds is 3. The predicted molar refractivity (Wildman–Crippen MR) is 57.2 cm³/mol. The number of hydroxylamine groups is 2. The highest BCUT2D eigenvalue weighted by Gasteiger charge is 2.61. The number of fused-ring (bicyclic) bond motifs is 2. The molecule has 0 aliphatic heterocycles.